The molecular weight excluding hydrogens is 424 g/mol. The number of ketones is 1. The fraction of sp³-hybridized carbons (Fsp3) is 0.800. The number of fused-ring (bicyclic) bond motifs is 7. The number of aliphatic hydroxyl groups excluding tert-OH is 1. The summed E-state index contributed by atoms with van der Waals surface area (Å²) < 4.78 is 0. The fourth-order valence-corrected chi connectivity index (χ4v) is 11.0. The van der Waals surface area contributed by atoms with Gasteiger partial charge in [0.15, 0.2) is 5.76 Å². The Labute approximate surface area is 205 Å². The van der Waals surface area contributed by atoms with E-state index in [0.29, 0.717) is 17.8 Å². The first kappa shape index (κ1) is 24.1. The molecule has 0 amide bonds. The van der Waals surface area contributed by atoms with Crippen molar-refractivity contribution in [2.45, 2.75) is 92.9 Å². The molecule has 5 rings (SSSR count). The number of rotatable bonds is 2. The zero-order valence-electron chi connectivity index (χ0n) is 22.0. The largest absolute Gasteiger partial charge is 0.505 e. The van der Waals surface area contributed by atoms with Gasteiger partial charge in [-0.2, -0.15) is 0 Å². The number of carboxylic acid groups (broad SMARTS) is 1. The van der Waals surface area contributed by atoms with Crippen molar-refractivity contribution in [1.82, 2.24) is 0 Å². The van der Waals surface area contributed by atoms with Gasteiger partial charge in [0.2, 0.25) is 5.78 Å². The van der Waals surface area contributed by atoms with Gasteiger partial charge in [0.25, 0.3) is 0 Å². The van der Waals surface area contributed by atoms with E-state index >= 15 is 0 Å². The molecule has 188 valence electrons. The Bertz CT molecular complexity index is 992. The zero-order valence-corrected chi connectivity index (χ0v) is 22.0. The Morgan fingerprint density at radius 3 is 2.24 bits per heavy atom. The SMILES string of the molecule is C=C(C)C1CC[C@]2(C(=O)O)CC[C@]3(C)C(CCC4[C@@]5(C)C=C(O)C(=O)C(C)(C)C5CC[C@]43C)C12. The predicted octanol–water partition coefficient (Wildman–Crippen LogP) is 6.96. The second-order valence-corrected chi connectivity index (χ2v) is 14.1. The highest BCUT2D eigenvalue weighted by Crippen LogP contribution is 2.77. The van der Waals surface area contributed by atoms with Crippen LogP contribution in [0.4, 0.5) is 0 Å². The molecule has 5 unspecified atom stereocenters. The number of Topliss-reactive ketones (excluding diaryl/α,β-unsaturated/α-hetero) is 1. The molecule has 4 heteroatoms. The van der Waals surface area contributed by atoms with Gasteiger partial charge in [0, 0.05) is 5.41 Å². The van der Waals surface area contributed by atoms with Crippen LogP contribution in [0.25, 0.3) is 0 Å². The van der Waals surface area contributed by atoms with E-state index < -0.39 is 16.8 Å². The summed E-state index contributed by atoms with van der Waals surface area (Å²) in [5.41, 5.74) is -0.153. The number of hydrogen-bond acceptors (Lipinski definition) is 3. The molecule has 0 aliphatic heterocycles. The zero-order chi connectivity index (χ0) is 25.1. The van der Waals surface area contributed by atoms with Crippen molar-refractivity contribution in [2.24, 2.45) is 56.7 Å². The third kappa shape index (κ3) is 2.61. The summed E-state index contributed by atoms with van der Waals surface area (Å²) in [6.07, 6.45) is 9.49. The summed E-state index contributed by atoms with van der Waals surface area (Å²) in [5.74, 6) is 0.672. The second-order valence-electron chi connectivity index (χ2n) is 14.1. The van der Waals surface area contributed by atoms with E-state index in [0.717, 1.165) is 56.9 Å². The number of carbonyl (C=O) groups excluding carboxylic acids is 1. The van der Waals surface area contributed by atoms with Crippen LogP contribution in [0.3, 0.4) is 0 Å². The van der Waals surface area contributed by atoms with E-state index in [1.807, 2.05) is 19.9 Å². The Morgan fingerprint density at radius 2 is 1.62 bits per heavy atom. The van der Waals surface area contributed by atoms with Gasteiger partial charge in [-0.05, 0) is 110 Å². The molecule has 5 aliphatic carbocycles. The van der Waals surface area contributed by atoms with Crippen LogP contribution < -0.4 is 0 Å². The van der Waals surface area contributed by atoms with Crippen LogP contribution in [0.15, 0.2) is 24.0 Å². The van der Waals surface area contributed by atoms with Gasteiger partial charge in [-0.25, -0.2) is 0 Å². The van der Waals surface area contributed by atoms with Crippen LogP contribution in [0.2, 0.25) is 0 Å². The molecule has 4 saturated carbocycles. The average Bonchev–Trinajstić information content (AvgIpc) is 3.14. The first-order chi connectivity index (χ1) is 15.7. The standard InChI is InChI=1S/C30H44O4/c1-17(2)18-10-13-30(25(33)34)15-14-28(6)19(23(18)30)8-9-22-27(5)16-20(31)24(32)26(3,4)21(27)11-12-29(22,28)7/h16,18-19,21-23,31H,1,8-15H2,2-7H3,(H,33,34)/t18?,19?,21?,22?,23?,27-,28+,29+,30-/m0/s1. The molecule has 0 radical (unpaired) electrons. The van der Waals surface area contributed by atoms with Crippen LogP contribution in [-0.2, 0) is 9.59 Å². The third-order valence-electron chi connectivity index (χ3n) is 12.8. The van der Waals surface area contributed by atoms with Gasteiger partial charge < -0.3 is 10.2 Å². The number of carbonyl (C=O) groups is 2. The molecule has 34 heavy (non-hydrogen) atoms. The van der Waals surface area contributed by atoms with Crippen molar-refractivity contribution in [3.63, 3.8) is 0 Å². The topological polar surface area (TPSA) is 74.6 Å². The lowest BCUT2D eigenvalue weighted by molar-refractivity contribution is -0.222. The molecule has 4 nitrogen and oxygen atoms in total. The molecule has 2 N–H and O–H groups in total. The minimum atomic E-state index is -0.602. The number of aliphatic carboxylic acids is 1. The molecule has 0 heterocycles. The summed E-state index contributed by atoms with van der Waals surface area (Å²) in [6.45, 7) is 17.7. The Morgan fingerprint density at radius 1 is 0.941 bits per heavy atom. The van der Waals surface area contributed by atoms with Crippen LogP contribution >= 0.6 is 0 Å². The van der Waals surface area contributed by atoms with Crippen molar-refractivity contribution in [2.75, 3.05) is 0 Å². The smallest absolute Gasteiger partial charge is 0.309 e. The minimum absolute atomic E-state index is 0.0423. The average molecular weight is 469 g/mol. The summed E-state index contributed by atoms with van der Waals surface area (Å²) in [4.78, 5) is 25.7. The summed E-state index contributed by atoms with van der Waals surface area (Å²) in [5, 5.41) is 21.2. The molecule has 0 bridgehead atoms. The van der Waals surface area contributed by atoms with Crippen molar-refractivity contribution in [1.29, 1.82) is 0 Å². The monoisotopic (exact) mass is 468 g/mol. The third-order valence-corrected chi connectivity index (χ3v) is 12.8. The molecule has 5 aliphatic rings. The molecule has 0 spiro atoms. The van der Waals surface area contributed by atoms with Crippen molar-refractivity contribution < 1.29 is 19.8 Å². The highest BCUT2D eigenvalue weighted by atomic mass is 16.4. The van der Waals surface area contributed by atoms with Crippen molar-refractivity contribution >= 4 is 11.8 Å². The minimum Gasteiger partial charge on any atom is -0.505 e. The highest BCUT2D eigenvalue weighted by Gasteiger charge is 2.72. The molecule has 4 fully saturated rings. The summed E-state index contributed by atoms with van der Waals surface area (Å²) >= 11 is 0. The molecule has 9 atom stereocenters. The molecule has 0 aromatic carbocycles. The summed E-state index contributed by atoms with van der Waals surface area (Å²) in [7, 11) is 0. The second kappa shape index (κ2) is 7.01. The normalized spacial score (nSPS) is 51.4. The lowest BCUT2D eigenvalue weighted by Crippen LogP contribution is -2.66. The van der Waals surface area contributed by atoms with Crippen LogP contribution in [-0.4, -0.2) is 22.0 Å². The molecule has 0 aromatic rings. The van der Waals surface area contributed by atoms with Crippen molar-refractivity contribution in [3.05, 3.63) is 24.0 Å². The predicted molar refractivity (Wildman–Crippen MR) is 133 cm³/mol. The van der Waals surface area contributed by atoms with E-state index in [9.17, 15) is 19.8 Å². The van der Waals surface area contributed by atoms with E-state index in [4.69, 9.17) is 0 Å². The van der Waals surface area contributed by atoms with Gasteiger partial charge in [-0.15, -0.1) is 0 Å². The molecule has 0 aromatic heterocycles. The number of aliphatic hydroxyl groups is 1. The maximum absolute atomic E-state index is 12.9. The molecular formula is C30H44O4. The van der Waals surface area contributed by atoms with E-state index in [1.165, 1.54) is 0 Å². The van der Waals surface area contributed by atoms with Crippen LogP contribution in [0, 0.1) is 56.7 Å². The van der Waals surface area contributed by atoms with Crippen LogP contribution in [0.5, 0.6) is 0 Å². The van der Waals surface area contributed by atoms with Crippen LogP contribution in [0.1, 0.15) is 92.9 Å². The lowest BCUT2D eigenvalue weighted by atomic mass is 9.33. The maximum Gasteiger partial charge on any atom is 0.309 e. The first-order valence-electron chi connectivity index (χ1n) is 13.5. The van der Waals surface area contributed by atoms with E-state index in [1.54, 1.807) is 0 Å². The highest BCUT2D eigenvalue weighted by molar-refractivity contribution is 5.98. The van der Waals surface area contributed by atoms with Gasteiger partial charge in [-0.1, -0.05) is 46.8 Å². The fourth-order valence-electron chi connectivity index (χ4n) is 11.0. The van der Waals surface area contributed by atoms with Crippen molar-refractivity contribution in [3.8, 4) is 0 Å². The van der Waals surface area contributed by atoms with Gasteiger partial charge in [0.05, 0.1) is 5.41 Å². The van der Waals surface area contributed by atoms with Gasteiger partial charge in [0.1, 0.15) is 0 Å². The number of hydrogen-bond donors (Lipinski definition) is 2. The number of allylic oxidation sites excluding steroid dienone is 3. The van der Waals surface area contributed by atoms with E-state index in [2.05, 4.69) is 34.3 Å². The lowest BCUT2D eigenvalue weighted by Gasteiger charge is -2.71. The summed E-state index contributed by atoms with van der Waals surface area (Å²) in [6, 6.07) is 0. The first-order valence-corrected chi connectivity index (χ1v) is 13.5. The Hall–Kier alpha value is -1.58. The maximum atomic E-state index is 12.9. The Kier molecular flexibility index (Phi) is 4.97. The quantitative estimate of drug-likeness (QED) is 0.430. The van der Waals surface area contributed by atoms with Gasteiger partial charge >= 0.3 is 5.97 Å². The Balaban J connectivity index is 1.61. The van der Waals surface area contributed by atoms with Gasteiger partial charge in [-0.3, -0.25) is 9.59 Å². The number of carboxylic acids is 1. The molecule has 0 saturated heterocycles. The van der Waals surface area contributed by atoms with E-state index in [-0.39, 0.29) is 39.6 Å².